The van der Waals surface area contributed by atoms with Gasteiger partial charge < -0.3 is 4.74 Å². The third-order valence-electron chi connectivity index (χ3n) is 3.74. The Morgan fingerprint density at radius 1 is 1.62 bits per heavy atom. The molecule has 0 amide bonds. The second-order valence-electron chi connectivity index (χ2n) is 4.51. The van der Waals surface area contributed by atoms with Gasteiger partial charge >= 0.3 is 0 Å². The van der Waals surface area contributed by atoms with Gasteiger partial charge in [-0.15, -0.1) is 0 Å². The molecule has 2 rings (SSSR count). The lowest BCUT2D eigenvalue weighted by atomic mass is 9.73. The SMILES string of the molecule is COC1(C(CCc2ccsc2)NN)CCC1. The van der Waals surface area contributed by atoms with Crippen molar-refractivity contribution < 1.29 is 4.74 Å². The molecule has 0 saturated heterocycles. The molecule has 1 heterocycles. The highest BCUT2D eigenvalue weighted by Gasteiger charge is 2.43. The number of aryl methyl sites for hydroxylation is 1. The molecule has 0 bridgehead atoms. The van der Waals surface area contributed by atoms with Gasteiger partial charge in [0, 0.05) is 7.11 Å². The summed E-state index contributed by atoms with van der Waals surface area (Å²) in [4.78, 5) is 0. The zero-order valence-electron chi connectivity index (χ0n) is 9.74. The van der Waals surface area contributed by atoms with Crippen LogP contribution in [-0.2, 0) is 11.2 Å². The standard InChI is InChI=1S/C12H20N2OS/c1-15-12(6-2-7-12)11(14-13)4-3-10-5-8-16-9-10/h5,8-9,11,14H,2-4,6-7,13H2,1H3. The van der Waals surface area contributed by atoms with Crippen molar-refractivity contribution in [2.24, 2.45) is 5.84 Å². The van der Waals surface area contributed by atoms with Crippen LogP contribution < -0.4 is 11.3 Å². The summed E-state index contributed by atoms with van der Waals surface area (Å²) in [6.45, 7) is 0. The number of hydrogen-bond acceptors (Lipinski definition) is 4. The first-order valence-corrected chi connectivity index (χ1v) is 6.77. The largest absolute Gasteiger partial charge is 0.377 e. The van der Waals surface area contributed by atoms with Gasteiger partial charge in [0.25, 0.3) is 0 Å². The number of methoxy groups -OCH3 is 1. The second kappa shape index (κ2) is 5.27. The first-order chi connectivity index (χ1) is 7.80. The maximum atomic E-state index is 5.66. The van der Waals surface area contributed by atoms with E-state index in [2.05, 4.69) is 22.3 Å². The van der Waals surface area contributed by atoms with E-state index in [0.717, 1.165) is 25.7 Å². The van der Waals surface area contributed by atoms with E-state index in [1.807, 2.05) is 0 Å². The van der Waals surface area contributed by atoms with Crippen molar-refractivity contribution >= 4 is 11.3 Å². The Kier molecular flexibility index (Phi) is 3.97. The van der Waals surface area contributed by atoms with Crippen LogP contribution >= 0.6 is 11.3 Å². The van der Waals surface area contributed by atoms with Crippen molar-refractivity contribution in [2.75, 3.05) is 7.11 Å². The van der Waals surface area contributed by atoms with Gasteiger partial charge in [0.15, 0.2) is 0 Å². The second-order valence-corrected chi connectivity index (χ2v) is 5.29. The Bertz CT molecular complexity index is 303. The van der Waals surface area contributed by atoms with Gasteiger partial charge in [-0.05, 0) is 54.5 Å². The molecule has 3 nitrogen and oxygen atoms in total. The fourth-order valence-electron chi connectivity index (χ4n) is 2.46. The summed E-state index contributed by atoms with van der Waals surface area (Å²) in [7, 11) is 1.80. The Morgan fingerprint density at radius 2 is 2.44 bits per heavy atom. The molecule has 1 saturated carbocycles. The molecule has 0 aromatic carbocycles. The number of rotatable bonds is 6. The molecule has 0 radical (unpaired) electrons. The Labute approximate surface area is 101 Å². The highest BCUT2D eigenvalue weighted by molar-refractivity contribution is 7.07. The molecule has 3 N–H and O–H groups in total. The van der Waals surface area contributed by atoms with Crippen molar-refractivity contribution in [1.82, 2.24) is 5.43 Å². The predicted octanol–water partition coefficient (Wildman–Crippen LogP) is 2.08. The lowest BCUT2D eigenvalue weighted by molar-refractivity contribution is -0.0999. The van der Waals surface area contributed by atoms with Crippen LogP contribution in [0.5, 0.6) is 0 Å². The summed E-state index contributed by atoms with van der Waals surface area (Å²) < 4.78 is 5.66. The Balaban J connectivity index is 1.90. The normalized spacial score (nSPS) is 20.4. The quantitative estimate of drug-likeness (QED) is 0.591. The molecule has 90 valence electrons. The molecule has 0 aliphatic heterocycles. The van der Waals surface area contributed by atoms with Gasteiger partial charge in [-0.1, -0.05) is 0 Å². The van der Waals surface area contributed by atoms with Crippen LogP contribution in [-0.4, -0.2) is 18.8 Å². The van der Waals surface area contributed by atoms with Crippen LogP contribution in [0.2, 0.25) is 0 Å². The molecule has 1 atom stereocenters. The summed E-state index contributed by atoms with van der Waals surface area (Å²) in [5.41, 5.74) is 4.33. The minimum absolute atomic E-state index is 0.00916. The third-order valence-corrected chi connectivity index (χ3v) is 4.48. The third kappa shape index (κ3) is 2.30. The molecular formula is C12H20N2OS. The molecule has 1 aliphatic carbocycles. The van der Waals surface area contributed by atoms with Gasteiger partial charge in [0.1, 0.15) is 0 Å². The lowest BCUT2D eigenvalue weighted by Crippen LogP contribution is -2.58. The summed E-state index contributed by atoms with van der Waals surface area (Å²) in [5, 5.41) is 4.32. The number of hydrazine groups is 1. The number of nitrogens with one attached hydrogen (secondary N) is 1. The highest BCUT2D eigenvalue weighted by Crippen LogP contribution is 2.39. The Hall–Kier alpha value is -0.420. The maximum absolute atomic E-state index is 5.66. The zero-order valence-corrected chi connectivity index (χ0v) is 10.6. The molecule has 1 aromatic heterocycles. The van der Waals surface area contributed by atoms with Gasteiger partial charge in [0.2, 0.25) is 0 Å². The van der Waals surface area contributed by atoms with Crippen LogP contribution in [0, 0.1) is 0 Å². The van der Waals surface area contributed by atoms with Crippen LogP contribution in [0.3, 0.4) is 0 Å². The lowest BCUT2D eigenvalue weighted by Gasteiger charge is -2.46. The van der Waals surface area contributed by atoms with Gasteiger partial charge in [0.05, 0.1) is 11.6 Å². The topological polar surface area (TPSA) is 47.3 Å². The Morgan fingerprint density at radius 3 is 2.88 bits per heavy atom. The van der Waals surface area contributed by atoms with Crippen molar-refractivity contribution in [1.29, 1.82) is 0 Å². The van der Waals surface area contributed by atoms with Crippen molar-refractivity contribution in [3.05, 3.63) is 22.4 Å². The monoisotopic (exact) mass is 240 g/mol. The van der Waals surface area contributed by atoms with Crippen molar-refractivity contribution in [3.63, 3.8) is 0 Å². The number of hydrogen-bond donors (Lipinski definition) is 2. The number of nitrogens with two attached hydrogens (primary N) is 1. The molecule has 4 heteroatoms. The minimum atomic E-state index is -0.00916. The molecule has 1 aromatic rings. The van der Waals surface area contributed by atoms with E-state index in [1.165, 1.54) is 12.0 Å². The highest BCUT2D eigenvalue weighted by atomic mass is 32.1. The van der Waals surface area contributed by atoms with Gasteiger partial charge in [-0.2, -0.15) is 11.3 Å². The molecule has 16 heavy (non-hydrogen) atoms. The summed E-state index contributed by atoms with van der Waals surface area (Å²) >= 11 is 1.75. The van der Waals surface area contributed by atoms with E-state index in [0.29, 0.717) is 0 Å². The molecule has 1 unspecified atom stereocenters. The smallest absolute Gasteiger partial charge is 0.0844 e. The number of ether oxygens (including phenoxy) is 1. The van der Waals surface area contributed by atoms with Gasteiger partial charge in [-0.25, -0.2) is 0 Å². The summed E-state index contributed by atoms with van der Waals surface area (Å²) in [6.07, 6.45) is 5.62. The fourth-order valence-corrected chi connectivity index (χ4v) is 3.17. The average Bonchev–Trinajstić information content (AvgIpc) is 2.74. The first-order valence-electron chi connectivity index (χ1n) is 5.83. The van der Waals surface area contributed by atoms with Crippen molar-refractivity contribution in [2.45, 2.75) is 43.7 Å². The molecule has 0 spiro atoms. The van der Waals surface area contributed by atoms with Crippen LogP contribution in [0.1, 0.15) is 31.2 Å². The fraction of sp³-hybridized carbons (Fsp3) is 0.667. The molecular weight excluding hydrogens is 220 g/mol. The van der Waals surface area contributed by atoms with E-state index >= 15 is 0 Å². The first kappa shape index (κ1) is 12.0. The number of thiophene rings is 1. The molecule has 1 aliphatic rings. The van der Waals surface area contributed by atoms with Crippen LogP contribution in [0.15, 0.2) is 16.8 Å². The average molecular weight is 240 g/mol. The molecule has 1 fully saturated rings. The van der Waals surface area contributed by atoms with E-state index < -0.39 is 0 Å². The van der Waals surface area contributed by atoms with E-state index in [4.69, 9.17) is 10.6 Å². The summed E-state index contributed by atoms with van der Waals surface area (Å²) in [6, 6.07) is 2.45. The van der Waals surface area contributed by atoms with E-state index in [1.54, 1.807) is 18.4 Å². The predicted molar refractivity (Wildman–Crippen MR) is 67.3 cm³/mol. The maximum Gasteiger partial charge on any atom is 0.0844 e. The zero-order chi connectivity index (χ0) is 11.4. The van der Waals surface area contributed by atoms with Crippen LogP contribution in [0.4, 0.5) is 0 Å². The van der Waals surface area contributed by atoms with E-state index in [-0.39, 0.29) is 11.6 Å². The minimum Gasteiger partial charge on any atom is -0.377 e. The van der Waals surface area contributed by atoms with Crippen LogP contribution in [0.25, 0.3) is 0 Å². The van der Waals surface area contributed by atoms with E-state index in [9.17, 15) is 0 Å². The van der Waals surface area contributed by atoms with Crippen molar-refractivity contribution in [3.8, 4) is 0 Å². The summed E-state index contributed by atoms with van der Waals surface area (Å²) in [5.74, 6) is 5.66. The van der Waals surface area contributed by atoms with Gasteiger partial charge in [-0.3, -0.25) is 11.3 Å².